The molecule has 1 aromatic heterocycles. The van der Waals surface area contributed by atoms with E-state index < -0.39 is 20.0 Å². The lowest BCUT2D eigenvalue weighted by Gasteiger charge is -2.18. The van der Waals surface area contributed by atoms with Crippen LogP contribution < -0.4 is 0 Å². The van der Waals surface area contributed by atoms with Crippen LogP contribution >= 0.6 is 11.6 Å². The first kappa shape index (κ1) is 19.9. The molecule has 138 valence electrons. The van der Waals surface area contributed by atoms with E-state index in [2.05, 4.69) is 5.10 Å². The minimum atomic E-state index is -4.02. The summed E-state index contributed by atoms with van der Waals surface area (Å²) in [5.74, 6) is 0. The number of sulfonamides is 1. The summed E-state index contributed by atoms with van der Waals surface area (Å²) in [6.07, 6.45) is 0. The fraction of sp³-hybridized carbons (Fsp3) is 0.400. The molecule has 0 radical (unpaired) electrons. The molecule has 0 aliphatic heterocycles. The van der Waals surface area contributed by atoms with Gasteiger partial charge >= 0.3 is 0 Å². The molecule has 0 spiro atoms. The van der Waals surface area contributed by atoms with Crippen molar-refractivity contribution in [2.75, 3.05) is 13.1 Å². The van der Waals surface area contributed by atoms with E-state index in [0.29, 0.717) is 5.02 Å². The lowest BCUT2D eigenvalue weighted by Crippen LogP contribution is -2.31. The van der Waals surface area contributed by atoms with Crippen LogP contribution in [0.5, 0.6) is 0 Å². The Balaban J connectivity index is 2.66. The lowest BCUT2D eigenvalue weighted by molar-refractivity contribution is 0.444. The van der Waals surface area contributed by atoms with Crippen molar-refractivity contribution in [3.63, 3.8) is 0 Å². The number of nitrogens with zero attached hydrogens (tertiary/aromatic N) is 3. The van der Waals surface area contributed by atoms with E-state index in [0.717, 1.165) is 4.09 Å². The van der Waals surface area contributed by atoms with Gasteiger partial charge in [0.25, 0.3) is 10.0 Å². The van der Waals surface area contributed by atoms with E-state index in [1.165, 1.54) is 42.4 Å². The summed E-state index contributed by atoms with van der Waals surface area (Å²) in [5, 5.41) is 4.39. The maximum atomic E-state index is 12.8. The van der Waals surface area contributed by atoms with Gasteiger partial charge in [-0.2, -0.15) is 21.9 Å². The summed E-state index contributed by atoms with van der Waals surface area (Å²) < 4.78 is 53.3. The van der Waals surface area contributed by atoms with Gasteiger partial charge < -0.3 is 0 Å². The highest BCUT2D eigenvalue weighted by atomic mass is 35.5. The Morgan fingerprint density at radius 3 is 2.04 bits per heavy atom. The van der Waals surface area contributed by atoms with Crippen molar-refractivity contribution in [3.05, 3.63) is 40.7 Å². The number of aromatic nitrogens is 2. The molecule has 0 saturated carbocycles. The highest BCUT2D eigenvalue weighted by molar-refractivity contribution is 7.90. The van der Waals surface area contributed by atoms with Crippen molar-refractivity contribution < 1.29 is 16.8 Å². The summed E-state index contributed by atoms with van der Waals surface area (Å²) in [5.41, 5.74) is 0.196. The van der Waals surface area contributed by atoms with Crippen LogP contribution in [0.2, 0.25) is 5.02 Å². The molecule has 0 aliphatic rings. The number of hydrogen-bond acceptors (Lipinski definition) is 5. The Labute approximate surface area is 153 Å². The fourth-order valence-corrected chi connectivity index (χ4v) is 5.97. The van der Waals surface area contributed by atoms with Gasteiger partial charge in [0, 0.05) is 18.1 Å². The Kier molecular flexibility index (Phi) is 5.62. The Morgan fingerprint density at radius 2 is 1.56 bits per heavy atom. The van der Waals surface area contributed by atoms with Crippen LogP contribution in [0.4, 0.5) is 0 Å². The SMILES string of the molecule is CCN(CC)S(=O)(=O)c1c(C)nn(S(=O)(=O)c2ccc(Cl)cc2)c1C. The second-order valence-electron chi connectivity index (χ2n) is 5.39. The van der Waals surface area contributed by atoms with Crippen molar-refractivity contribution in [2.45, 2.75) is 37.5 Å². The average Bonchev–Trinajstić information content (AvgIpc) is 2.84. The van der Waals surface area contributed by atoms with Crippen LogP contribution in [0, 0.1) is 13.8 Å². The zero-order valence-corrected chi connectivity index (χ0v) is 16.8. The van der Waals surface area contributed by atoms with Crippen LogP contribution in [0.1, 0.15) is 25.2 Å². The third kappa shape index (κ3) is 3.46. The minimum Gasteiger partial charge on any atom is -0.207 e. The summed E-state index contributed by atoms with van der Waals surface area (Å²) in [7, 11) is -7.85. The van der Waals surface area contributed by atoms with Gasteiger partial charge in [0.2, 0.25) is 10.0 Å². The molecule has 2 rings (SSSR count). The molecule has 0 amide bonds. The third-order valence-corrected chi connectivity index (χ3v) is 8.06. The molecule has 25 heavy (non-hydrogen) atoms. The van der Waals surface area contributed by atoms with E-state index in [1.807, 2.05) is 0 Å². The molecule has 0 atom stereocenters. The van der Waals surface area contributed by atoms with Gasteiger partial charge in [-0.25, -0.2) is 8.42 Å². The molecule has 0 bridgehead atoms. The number of halogens is 1. The molecule has 1 heterocycles. The van der Waals surface area contributed by atoms with Gasteiger partial charge in [0.05, 0.1) is 16.3 Å². The van der Waals surface area contributed by atoms with Crippen LogP contribution in [0.25, 0.3) is 0 Å². The van der Waals surface area contributed by atoms with Crippen molar-refractivity contribution in [2.24, 2.45) is 0 Å². The first-order chi connectivity index (χ1) is 11.6. The van der Waals surface area contributed by atoms with Gasteiger partial charge in [-0.05, 0) is 38.1 Å². The zero-order valence-electron chi connectivity index (χ0n) is 14.4. The molecule has 0 aliphatic carbocycles. The Hall–Kier alpha value is -1.42. The van der Waals surface area contributed by atoms with E-state index in [1.54, 1.807) is 13.8 Å². The smallest absolute Gasteiger partial charge is 0.207 e. The third-order valence-electron chi connectivity index (χ3n) is 3.83. The van der Waals surface area contributed by atoms with Crippen molar-refractivity contribution in [1.82, 2.24) is 13.5 Å². The molecule has 1 aromatic carbocycles. The first-order valence-electron chi connectivity index (χ1n) is 7.64. The Bertz CT molecular complexity index is 977. The van der Waals surface area contributed by atoms with Gasteiger partial charge in [-0.1, -0.05) is 25.4 Å². The minimum absolute atomic E-state index is 0.0192. The van der Waals surface area contributed by atoms with Crippen LogP contribution in [0.15, 0.2) is 34.1 Å². The largest absolute Gasteiger partial charge is 0.283 e. The topological polar surface area (TPSA) is 89.3 Å². The average molecular weight is 406 g/mol. The summed E-state index contributed by atoms with van der Waals surface area (Å²) in [4.78, 5) is -0.0944. The standard InChI is InChI=1S/C15H20ClN3O4S2/c1-5-18(6-2)25(22,23)15-11(3)17-19(12(15)4)24(20,21)14-9-7-13(16)8-10-14/h7-10H,5-6H2,1-4H3. The van der Waals surface area contributed by atoms with Gasteiger partial charge in [-0.3, -0.25) is 0 Å². The fourth-order valence-electron chi connectivity index (χ4n) is 2.61. The highest BCUT2D eigenvalue weighted by Crippen LogP contribution is 2.26. The summed E-state index contributed by atoms with van der Waals surface area (Å²) >= 11 is 5.79. The van der Waals surface area contributed by atoms with Crippen molar-refractivity contribution in [3.8, 4) is 0 Å². The maximum absolute atomic E-state index is 12.8. The number of benzene rings is 1. The zero-order chi connectivity index (χ0) is 19.0. The molecule has 7 nitrogen and oxygen atoms in total. The van der Waals surface area contributed by atoms with Crippen LogP contribution in [0.3, 0.4) is 0 Å². The summed E-state index contributed by atoms with van der Waals surface area (Å²) in [6, 6.07) is 5.61. The predicted octanol–water partition coefficient (Wildman–Crippen LogP) is 2.42. The quantitative estimate of drug-likeness (QED) is 0.736. The normalized spacial score (nSPS) is 12.7. The van der Waals surface area contributed by atoms with Gasteiger partial charge in [0.15, 0.2) is 0 Å². The molecular formula is C15H20ClN3O4S2. The predicted molar refractivity (Wildman–Crippen MR) is 95.8 cm³/mol. The lowest BCUT2D eigenvalue weighted by atomic mass is 10.4. The molecular weight excluding hydrogens is 386 g/mol. The maximum Gasteiger partial charge on any atom is 0.283 e. The van der Waals surface area contributed by atoms with E-state index in [4.69, 9.17) is 11.6 Å². The molecule has 0 fully saturated rings. The number of hydrogen-bond donors (Lipinski definition) is 0. The summed E-state index contributed by atoms with van der Waals surface area (Å²) in [6.45, 7) is 6.93. The van der Waals surface area contributed by atoms with E-state index >= 15 is 0 Å². The van der Waals surface area contributed by atoms with Crippen molar-refractivity contribution >= 4 is 31.6 Å². The molecule has 2 aromatic rings. The van der Waals surface area contributed by atoms with E-state index in [9.17, 15) is 16.8 Å². The highest BCUT2D eigenvalue weighted by Gasteiger charge is 2.32. The Morgan fingerprint density at radius 1 is 1.04 bits per heavy atom. The molecule has 0 unspecified atom stereocenters. The van der Waals surface area contributed by atoms with Crippen molar-refractivity contribution in [1.29, 1.82) is 0 Å². The second-order valence-corrected chi connectivity index (χ2v) is 9.47. The number of rotatable bonds is 6. The number of aryl methyl sites for hydroxylation is 1. The van der Waals surface area contributed by atoms with Crippen LogP contribution in [-0.4, -0.2) is 43.4 Å². The molecule has 0 saturated heterocycles. The van der Waals surface area contributed by atoms with E-state index in [-0.39, 0.29) is 34.3 Å². The monoisotopic (exact) mass is 405 g/mol. The second kappa shape index (κ2) is 7.06. The van der Waals surface area contributed by atoms with Gasteiger partial charge in [0.1, 0.15) is 4.90 Å². The van der Waals surface area contributed by atoms with Crippen LogP contribution in [-0.2, 0) is 20.0 Å². The molecule has 0 N–H and O–H groups in total. The molecule has 10 heteroatoms. The first-order valence-corrected chi connectivity index (χ1v) is 10.9. The van der Waals surface area contributed by atoms with Gasteiger partial charge in [-0.15, -0.1) is 0 Å².